The number of aryl methyl sites for hydroxylation is 2. The minimum atomic E-state index is -0.284. The van der Waals surface area contributed by atoms with Gasteiger partial charge in [0.2, 0.25) is 0 Å². The molecule has 15 heavy (non-hydrogen) atoms. The van der Waals surface area contributed by atoms with Crippen molar-refractivity contribution >= 4 is 11.2 Å². The second-order valence-corrected chi connectivity index (χ2v) is 3.89. The molecule has 2 rings (SSSR count). The van der Waals surface area contributed by atoms with Crippen LogP contribution in [0.2, 0.25) is 0 Å². The third-order valence-electron chi connectivity index (χ3n) is 2.33. The molecule has 0 aliphatic heterocycles. The maximum absolute atomic E-state index is 9.18. The summed E-state index contributed by atoms with van der Waals surface area (Å²) in [5.41, 5.74) is 2.69. The number of aliphatic hydroxyl groups excluding tert-OH is 1. The number of hydrogen-bond acceptors (Lipinski definition) is 3. The molecule has 4 nitrogen and oxygen atoms in total. The fourth-order valence-electron chi connectivity index (χ4n) is 1.50. The average Bonchev–Trinajstić information content (AvgIpc) is 2.56. The maximum Gasteiger partial charge on any atom is 0.177 e. The number of aliphatic hydroxyl groups is 1. The predicted molar refractivity (Wildman–Crippen MR) is 58.6 cm³/mol. The van der Waals surface area contributed by atoms with E-state index in [-0.39, 0.29) is 6.10 Å². The Kier molecular flexibility index (Phi) is 2.68. The lowest BCUT2D eigenvalue weighted by Gasteiger charge is -1.99. The molecule has 80 valence electrons. The van der Waals surface area contributed by atoms with Gasteiger partial charge in [0, 0.05) is 12.1 Å². The van der Waals surface area contributed by atoms with Crippen LogP contribution < -0.4 is 0 Å². The lowest BCUT2D eigenvalue weighted by atomic mass is 10.2. The van der Waals surface area contributed by atoms with Gasteiger partial charge in [-0.1, -0.05) is 0 Å². The van der Waals surface area contributed by atoms with Crippen molar-refractivity contribution in [2.24, 2.45) is 0 Å². The Balaban J connectivity index is 2.23. The van der Waals surface area contributed by atoms with Gasteiger partial charge in [0.1, 0.15) is 5.82 Å². The number of hydrogen-bond donors (Lipinski definition) is 2. The molecule has 1 atom stereocenters. The second-order valence-electron chi connectivity index (χ2n) is 3.89. The van der Waals surface area contributed by atoms with E-state index < -0.39 is 0 Å². The van der Waals surface area contributed by atoms with Crippen LogP contribution >= 0.6 is 0 Å². The molecule has 1 unspecified atom stereocenters. The molecule has 0 spiro atoms. The van der Waals surface area contributed by atoms with Gasteiger partial charge in [0.05, 0.1) is 11.6 Å². The van der Waals surface area contributed by atoms with Gasteiger partial charge < -0.3 is 10.1 Å². The van der Waals surface area contributed by atoms with Crippen molar-refractivity contribution < 1.29 is 5.11 Å². The fraction of sp³-hybridized carbons (Fsp3) is 0.455. The first-order valence-corrected chi connectivity index (χ1v) is 5.15. The van der Waals surface area contributed by atoms with E-state index >= 15 is 0 Å². The first kappa shape index (κ1) is 10.1. The van der Waals surface area contributed by atoms with Crippen LogP contribution in [-0.4, -0.2) is 26.2 Å². The summed E-state index contributed by atoms with van der Waals surface area (Å²) >= 11 is 0. The smallest absolute Gasteiger partial charge is 0.177 e. The Morgan fingerprint density at radius 2 is 2.20 bits per heavy atom. The van der Waals surface area contributed by atoms with Crippen molar-refractivity contribution in [2.75, 3.05) is 0 Å². The van der Waals surface area contributed by atoms with Crippen LogP contribution in [0.4, 0.5) is 0 Å². The predicted octanol–water partition coefficient (Wildman–Crippen LogP) is 1.58. The third-order valence-corrected chi connectivity index (χ3v) is 2.33. The fourth-order valence-corrected chi connectivity index (χ4v) is 1.50. The highest BCUT2D eigenvalue weighted by atomic mass is 16.3. The zero-order valence-corrected chi connectivity index (χ0v) is 8.99. The van der Waals surface area contributed by atoms with E-state index in [0.717, 1.165) is 35.5 Å². The van der Waals surface area contributed by atoms with E-state index in [9.17, 15) is 5.11 Å². The van der Waals surface area contributed by atoms with E-state index in [4.69, 9.17) is 0 Å². The van der Waals surface area contributed by atoms with E-state index in [1.165, 1.54) is 0 Å². The van der Waals surface area contributed by atoms with Crippen LogP contribution in [0.5, 0.6) is 0 Å². The van der Waals surface area contributed by atoms with Crippen molar-refractivity contribution in [3.8, 4) is 0 Å². The van der Waals surface area contributed by atoms with E-state index in [0.29, 0.717) is 0 Å². The topological polar surface area (TPSA) is 61.8 Å². The number of imidazole rings is 1. The highest BCUT2D eigenvalue weighted by Gasteiger charge is 2.05. The molecule has 0 fully saturated rings. The number of fused-ring (bicyclic) bond motifs is 1. The zero-order valence-electron chi connectivity index (χ0n) is 8.99. The van der Waals surface area contributed by atoms with Crippen molar-refractivity contribution in [2.45, 2.75) is 32.8 Å². The van der Waals surface area contributed by atoms with Crippen molar-refractivity contribution in [3.63, 3.8) is 0 Å². The van der Waals surface area contributed by atoms with Crippen LogP contribution in [0.15, 0.2) is 12.1 Å². The molecule has 0 aromatic carbocycles. The van der Waals surface area contributed by atoms with Crippen LogP contribution in [0.25, 0.3) is 11.2 Å². The first-order valence-electron chi connectivity index (χ1n) is 5.15. The molecule has 2 aromatic rings. The lowest BCUT2D eigenvalue weighted by molar-refractivity contribution is 0.184. The van der Waals surface area contributed by atoms with Crippen LogP contribution in [0.3, 0.4) is 0 Å². The number of nitrogens with zero attached hydrogens (tertiary/aromatic N) is 2. The summed E-state index contributed by atoms with van der Waals surface area (Å²) in [4.78, 5) is 11.9. The maximum atomic E-state index is 9.18. The molecule has 4 heteroatoms. The molecule has 0 aliphatic carbocycles. The van der Waals surface area contributed by atoms with Gasteiger partial charge >= 0.3 is 0 Å². The molecule has 2 aromatic heterocycles. The Morgan fingerprint density at radius 3 is 2.93 bits per heavy atom. The minimum Gasteiger partial charge on any atom is -0.393 e. The summed E-state index contributed by atoms with van der Waals surface area (Å²) in [5, 5.41) is 9.18. The van der Waals surface area contributed by atoms with Gasteiger partial charge in [0.25, 0.3) is 0 Å². The second kappa shape index (κ2) is 3.98. The summed E-state index contributed by atoms with van der Waals surface area (Å²) in [7, 11) is 0. The van der Waals surface area contributed by atoms with E-state index in [1.54, 1.807) is 6.92 Å². The molecule has 2 heterocycles. The van der Waals surface area contributed by atoms with E-state index in [2.05, 4.69) is 15.0 Å². The van der Waals surface area contributed by atoms with E-state index in [1.807, 2.05) is 19.1 Å². The monoisotopic (exact) mass is 205 g/mol. The number of H-pyrrole nitrogens is 1. The molecule has 0 saturated carbocycles. The summed E-state index contributed by atoms with van der Waals surface area (Å²) in [6.07, 6.45) is 1.19. The quantitative estimate of drug-likeness (QED) is 0.799. The van der Waals surface area contributed by atoms with Gasteiger partial charge in [-0.2, -0.15) is 0 Å². The van der Waals surface area contributed by atoms with Gasteiger partial charge in [0.15, 0.2) is 5.65 Å². The number of nitrogens with one attached hydrogen (secondary N) is 1. The highest BCUT2D eigenvalue weighted by molar-refractivity contribution is 5.70. The molecule has 0 aliphatic rings. The molecule has 2 N–H and O–H groups in total. The Labute approximate surface area is 88.4 Å². The average molecular weight is 205 g/mol. The molecule has 0 saturated heterocycles. The van der Waals surface area contributed by atoms with Crippen LogP contribution in [0, 0.1) is 6.92 Å². The van der Waals surface area contributed by atoms with Gasteiger partial charge in [-0.15, -0.1) is 0 Å². The summed E-state index contributed by atoms with van der Waals surface area (Å²) < 4.78 is 0. The number of rotatable bonds is 3. The SMILES string of the molecule is Cc1ccc2[nH]c(CCC(C)O)nc2n1. The lowest BCUT2D eigenvalue weighted by Crippen LogP contribution is -2.02. The van der Waals surface area contributed by atoms with Crippen LogP contribution in [0.1, 0.15) is 24.9 Å². The number of aromatic amines is 1. The Hall–Kier alpha value is -1.42. The summed E-state index contributed by atoms with van der Waals surface area (Å²) in [5.74, 6) is 0.893. The Bertz CT molecular complexity index is 462. The Morgan fingerprint density at radius 1 is 1.40 bits per heavy atom. The van der Waals surface area contributed by atoms with Gasteiger partial charge in [-0.3, -0.25) is 0 Å². The molecule has 0 amide bonds. The first-order chi connectivity index (χ1) is 7.15. The third kappa shape index (κ3) is 2.33. The number of pyridine rings is 1. The van der Waals surface area contributed by atoms with Gasteiger partial charge in [-0.05, 0) is 32.4 Å². The largest absolute Gasteiger partial charge is 0.393 e. The molecule has 0 radical (unpaired) electrons. The van der Waals surface area contributed by atoms with Gasteiger partial charge in [-0.25, -0.2) is 9.97 Å². The minimum absolute atomic E-state index is 0.284. The number of aromatic nitrogens is 3. The standard InChI is InChI=1S/C11H15N3O/c1-7-3-5-9-11(12-7)14-10(13-9)6-4-8(2)15/h3,5,8,15H,4,6H2,1-2H3,(H,12,13,14). The summed E-state index contributed by atoms with van der Waals surface area (Å²) in [6.45, 7) is 3.73. The molecule has 0 bridgehead atoms. The van der Waals surface area contributed by atoms with Crippen molar-refractivity contribution in [3.05, 3.63) is 23.7 Å². The zero-order chi connectivity index (χ0) is 10.8. The highest BCUT2D eigenvalue weighted by Crippen LogP contribution is 2.11. The summed E-state index contributed by atoms with van der Waals surface area (Å²) in [6, 6.07) is 3.94. The van der Waals surface area contributed by atoms with Crippen molar-refractivity contribution in [1.29, 1.82) is 0 Å². The molecular weight excluding hydrogens is 190 g/mol. The molecular formula is C11H15N3O. The van der Waals surface area contributed by atoms with Crippen molar-refractivity contribution in [1.82, 2.24) is 15.0 Å². The normalized spacial score (nSPS) is 13.3. The van der Waals surface area contributed by atoms with Crippen LogP contribution in [-0.2, 0) is 6.42 Å².